The van der Waals surface area contributed by atoms with Crippen LogP contribution in [0, 0.1) is 17.7 Å². The Morgan fingerprint density at radius 2 is 1.54 bits per heavy atom. The van der Waals surface area contributed by atoms with E-state index in [1.54, 1.807) is 17.0 Å². The van der Waals surface area contributed by atoms with E-state index in [1.807, 2.05) is 0 Å². The summed E-state index contributed by atoms with van der Waals surface area (Å²) in [4.78, 5) is 13.7. The third-order valence-electron chi connectivity index (χ3n) is 6.99. The third-order valence-corrected chi connectivity index (χ3v) is 6.99. The molecule has 4 atom stereocenters. The molecule has 35 heavy (non-hydrogen) atoms. The van der Waals surface area contributed by atoms with Gasteiger partial charge in [0, 0.05) is 25.9 Å². The fourth-order valence-corrected chi connectivity index (χ4v) is 5.34. The van der Waals surface area contributed by atoms with Gasteiger partial charge in [0.1, 0.15) is 5.82 Å². The number of hydrogen-bond donors (Lipinski definition) is 0. The Balaban J connectivity index is 1.61. The van der Waals surface area contributed by atoms with Crippen molar-refractivity contribution >= 4 is 5.91 Å². The quantitative estimate of drug-likeness (QED) is 0.451. The van der Waals surface area contributed by atoms with Crippen LogP contribution in [-0.4, -0.2) is 30.0 Å². The lowest BCUT2D eigenvalue weighted by atomic mass is 9.69. The van der Waals surface area contributed by atoms with Gasteiger partial charge in [-0.3, -0.25) is 4.79 Å². The molecule has 4 rings (SSSR count). The molecular formula is C25H24F7NO2. The van der Waals surface area contributed by atoms with Crippen LogP contribution in [0.15, 0.2) is 42.5 Å². The summed E-state index contributed by atoms with van der Waals surface area (Å²) in [6, 6.07) is 7.25. The van der Waals surface area contributed by atoms with Gasteiger partial charge in [0.25, 0.3) is 0 Å². The molecule has 0 radical (unpaired) electrons. The molecule has 10 heteroatoms. The van der Waals surface area contributed by atoms with Gasteiger partial charge in [-0.25, -0.2) is 4.39 Å². The van der Waals surface area contributed by atoms with Crippen molar-refractivity contribution in [2.45, 2.75) is 50.7 Å². The molecule has 1 heterocycles. The van der Waals surface area contributed by atoms with Gasteiger partial charge in [0.15, 0.2) is 0 Å². The van der Waals surface area contributed by atoms with Gasteiger partial charge in [-0.15, -0.1) is 0 Å². The van der Waals surface area contributed by atoms with E-state index < -0.39 is 42.0 Å². The molecular weight excluding hydrogens is 479 g/mol. The van der Waals surface area contributed by atoms with Crippen LogP contribution in [0.4, 0.5) is 30.7 Å². The van der Waals surface area contributed by atoms with Gasteiger partial charge in [0.05, 0.1) is 23.8 Å². The molecule has 0 aromatic heterocycles. The molecule has 1 aliphatic carbocycles. The van der Waals surface area contributed by atoms with Gasteiger partial charge in [-0.05, 0) is 66.1 Å². The van der Waals surface area contributed by atoms with E-state index in [4.69, 9.17) is 4.74 Å². The van der Waals surface area contributed by atoms with E-state index in [2.05, 4.69) is 0 Å². The zero-order valence-electron chi connectivity index (χ0n) is 18.8. The van der Waals surface area contributed by atoms with Crippen molar-refractivity contribution in [3.05, 3.63) is 70.5 Å². The Morgan fingerprint density at radius 1 is 0.943 bits per heavy atom. The van der Waals surface area contributed by atoms with Crippen molar-refractivity contribution in [2.75, 3.05) is 13.1 Å². The van der Waals surface area contributed by atoms with Crippen molar-refractivity contribution in [3.8, 4) is 0 Å². The van der Waals surface area contributed by atoms with Crippen molar-refractivity contribution < 1.29 is 40.3 Å². The second kappa shape index (κ2) is 9.44. The van der Waals surface area contributed by atoms with Crippen LogP contribution in [0.5, 0.6) is 0 Å². The number of benzene rings is 2. The zero-order chi connectivity index (χ0) is 25.5. The molecule has 0 bridgehead atoms. The number of carbonyl (C=O) groups excluding carboxylic acids is 1. The fourth-order valence-electron chi connectivity index (χ4n) is 5.34. The smallest absolute Gasteiger partial charge is 0.373 e. The van der Waals surface area contributed by atoms with Crippen LogP contribution >= 0.6 is 0 Å². The minimum Gasteiger partial charge on any atom is -0.373 e. The highest BCUT2D eigenvalue weighted by Crippen LogP contribution is 2.47. The lowest BCUT2D eigenvalue weighted by Crippen LogP contribution is -2.37. The van der Waals surface area contributed by atoms with E-state index in [9.17, 15) is 35.5 Å². The molecule has 0 spiro atoms. The standard InChI is InChI=1S/C25H24F7NO2/c1-14(34)33-11-17-4-7-22(23(21(17)12-33)16-2-5-20(26)6-3-16)35-13-15-8-18(24(27,28)29)10-19(9-15)25(30,31)32/h2-3,5-6,8-10,17,21-23H,4,7,11-13H2,1H3/t17-,21+,22-,23-/m0/s1. The predicted molar refractivity (Wildman–Crippen MR) is 113 cm³/mol. The Hall–Kier alpha value is -2.62. The summed E-state index contributed by atoms with van der Waals surface area (Å²) in [6.07, 6.45) is -9.18. The number of nitrogens with zero attached hydrogens (tertiary/aromatic N) is 1. The van der Waals surface area contributed by atoms with Crippen molar-refractivity contribution in [1.82, 2.24) is 4.90 Å². The number of carbonyl (C=O) groups is 1. The highest BCUT2D eigenvalue weighted by molar-refractivity contribution is 5.73. The summed E-state index contributed by atoms with van der Waals surface area (Å²) in [5.74, 6) is -0.626. The molecule has 1 saturated heterocycles. The number of amides is 1. The maximum Gasteiger partial charge on any atom is 0.416 e. The predicted octanol–water partition coefficient (Wildman–Crippen LogP) is 6.42. The highest BCUT2D eigenvalue weighted by Gasteiger charge is 2.46. The fraction of sp³-hybridized carbons (Fsp3) is 0.480. The summed E-state index contributed by atoms with van der Waals surface area (Å²) in [5, 5.41) is 0. The Bertz CT molecular complexity index is 1030. The van der Waals surface area contributed by atoms with Crippen LogP contribution in [0.3, 0.4) is 0 Å². The van der Waals surface area contributed by atoms with Crippen molar-refractivity contribution in [2.24, 2.45) is 11.8 Å². The van der Waals surface area contributed by atoms with Gasteiger partial charge < -0.3 is 9.64 Å². The molecule has 1 saturated carbocycles. The van der Waals surface area contributed by atoms with Crippen molar-refractivity contribution in [3.63, 3.8) is 0 Å². The van der Waals surface area contributed by atoms with Gasteiger partial charge in [0.2, 0.25) is 5.91 Å². The zero-order valence-corrected chi connectivity index (χ0v) is 18.8. The molecule has 1 aliphatic heterocycles. The SMILES string of the molecule is CC(=O)N1C[C@@H]2CC[C@H](OCc3cc(C(F)(F)F)cc(C(F)(F)F)c3)[C@@H](c3ccc(F)cc3)[C@@H]2C1. The number of rotatable bonds is 4. The maximum absolute atomic E-state index is 13.6. The summed E-state index contributed by atoms with van der Waals surface area (Å²) >= 11 is 0. The molecule has 2 fully saturated rings. The van der Waals surface area contributed by atoms with Crippen LogP contribution in [0.1, 0.15) is 47.9 Å². The maximum atomic E-state index is 13.6. The first-order chi connectivity index (χ1) is 16.3. The lowest BCUT2D eigenvalue weighted by Gasteiger charge is -2.39. The van der Waals surface area contributed by atoms with Crippen LogP contribution in [-0.2, 0) is 28.5 Å². The monoisotopic (exact) mass is 503 g/mol. The Labute approximate surface area is 197 Å². The second-order valence-corrected chi connectivity index (χ2v) is 9.27. The van der Waals surface area contributed by atoms with Gasteiger partial charge in [-0.2, -0.15) is 26.3 Å². The molecule has 190 valence electrons. The minimum atomic E-state index is -4.94. The minimum absolute atomic E-state index is 0.0182. The first kappa shape index (κ1) is 25.5. The van der Waals surface area contributed by atoms with E-state index in [-0.39, 0.29) is 35.3 Å². The van der Waals surface area contributed by atoms with Crippen LogP contribution in [0.2, 0.25) is 0 Å². The normalized spacial score (nSPS) is 25.0. The van der Waals surface area contributed by atoms with Crippen LogP contribution in [0.25, 0.3) is 0 Å². The first-order valence-corrected chi connectivity index (χ1v) is 11.2. The molecule has 0 N–H and O–H groups in total. The summed E-state index contributed by atoms with van der Waals surface area (Å²) < 4.78 is 98.9. The third kappa shape index (κ3) is 5.63. The average molecular weight is 503 g/mol. The number of fused-ring (bicyclic) bond motifs is 1. The summed E-state index contributed by atoms with van der Waals surface area (Å²) in [5.41, 5.74) is -2.25. The van der Waals surface area contributed by atoms with E-state index in [0.29, 0.717) is 38.1 Å². The topological polar surface area (TPSA) is 29.5 Å². The molecule has 2 aliphatic rings. The van der Waals surface area contributed by atoms with Crippen molar-refractivity contribution in [1.29, 1.82) is 0 Å². The van der Waals surface area contributed by atoms with Gasteiger partial charge in [-0.1, -0.05) is 12.1 Å². The van der Waals surface area contributed by atoms with E-state index in [1.165, 1.54) is 19.1 Å². The molecule has 1 amide bonds. The number of likely N-dealkylation sites (tertiary alicyclic amines) is 1. The summed E-state index contributed by atoms with van der Waals surface area (Å²) in [6.45, 7) is 2.07. The van der Waals surface area contributed by atoms with Gasteiger partial charge >= 0.3 is 12.4 Å². The number of halogens is 7. The molecule has 0 unspecified atom stereocenters. The average Bonchev–Trinajstić information content (AvgIpc) is 3.21. The van der Waals surface area contributed by atoms with E-state index >= 15 is 0 Å². The number of alkyl halides is 6. The Kier molecular flexibility index (Phi) is 6.87. The molecule has 3 nitrogen and oxygen atoms in total. The number of hydrogen-bond acceptors (Lipinski definition) is 2. The largest absolute Gasteiger partial charge is 0.416 e. The lowest BCUT2D eigenvalue weighted by molar-refractivity contribution is -0.143. The highest BCUT2D eigenvalue weighted by atomic mass is 19.4. The molecule has 2 aromatic rings. The first-order valence-electron chi connectivity index (χ1n) is 11.2. The number of ether oxygens (including phenoxy) is 1. The van der Waals surface area contributed by atoms with E-state index in [0.717, 1.165) is 5.56 Å². The molecule has 2 aromatic carbocycles. The second-order valence-electron chi connectivity index (χ2n) is 9.27. The van der Waals surface area contributed by atoms with Crippen LogP contribution < -0.4 is 0 Å². The Morgan fingerprint density at radius 3 is 2.09 bits per heavy atom. The summed E-state index contributed by atoms with van der Waals surface area (Å²) in [7, 11) is 0.